The highest BCUT2D eigenvalue weighted by molar-refractivity contribution is 7.99. The van der Waals surface area contributed by atoms with E-state index in [-0.39, 0.29) is 105 Å². The van der Waals surface area contributed by atoms with Crippen LogP contribution < -0.4 is 5.32 Å². The van der Waals surface area contributed by atoms with Gasteiger partial charge in [-0.15, -0.1) is 0 Å². The molecule has 12 rings (SSSR count). The largest absolute Gasteiger partial charge is 0.379 e. The van der Waals surface area contributed by atoms with Gasteiger partial charge in [-0.05, 0) is 157 Å². The summed E-state index contributed by atoms with van der Waals surface area (Å²) in [6, 6.07) is 42.7. The molecule has 5 heterocycles. The SMILES string of the molecule is CC(C)C(=O)[C@@H](CN1CCC(F)CC1)c1ccc(Cl)cc1.CC(C)C(=O)[C@@H](CN1CCSCC1)c1ccc(Cl)cc1.CC(C)C(=O)[C@H](CN1CCC(F)CC1)c1ccc(Cl)cc1.CC(C)C(=O)[C@H](CNCC1CCCC1)c1ccc(Cl)c(F)c1.COC1CN(C[C@@H](C(=O)C(C)C)c2ccc(Cl)cc2)C1.COC1CN(C[C@H](C(=O)C(C)C)c2ccc(Cl)cc2)C1. The van der Waals surface area contributed by atoms with Crippen LogP contribution in [0.2, 0.25) is 30.1 Å². The molecule has 6 aromatic rings. The lowest BCUT2D eigenvalue weighted by atomic mass is 9.87. The lowest BCUT2D eigenvalue weighted by Gasteiger charge is -2.40. The topological polar surface area (TPSA) is 149 Å². The number of likely N-dealkylation sites (tertiary alicyclic amines) is 4. The van der Waals surface area contributed by atoms with Crippen molar-refractivity contribution in [1.82, 2.24) is 29.8 Å². The van der Waals surface area contributed by atoms with Crippen molar-refractivity contribution in [2.45, 2.75) is 195 Å². The number of alkyl halides is 2. The van der Waals surface area contributed by atoms with Crippen molar-refractivity contribution in [3.8, 4) is 0 Å². The molecule has 6 aromatic carbocycles. The van der Waals surface area contributed by atoms with Crippen molar-refractivity contribution < 1.29 is 51.4 Å². The van der Waals surface area contributed by atoms with Gasteiger partial charge in [0.2, 0.25) is 0 Å². The number of piperidine rings is 2. The third-order valence-corrected chi connectivity index (χ3v) is 26.8. The van der Waals surface area contributed by atoms with Gasteiger partial charge in [0.15, 0.2) is 0 Å². The normalized spacial score (nSPS) is 18.2. The van der Waals surface area contributed by atoms with Crippen molar-refractivity contribution in [1.29, 1.82) is 0 Å². The van der Waals surface area contributed by atoms with Crippen molar-refractivity contribution >= 4 is 116 Å². The van der Waals surface area contributed by atoms with Crippen molar-refractivity contribution in [3.05, 3.63) is 209 Å². The maximum atomic E-state index is 13.7. The third-order valence-electron chi connectivity index (χ3n) is 24.3. The molecule has 1 saturated carbocycles. The Morgan fingerprint density at radius 1 is 0.363 bits per heavy atom. The number of hydrogen-bond donors (Lipinski definition) is 1. The van der Waals surface area contributed by atoms with Crippen LogP contribution in [0, 0.1) is 47.2 Å². The second-order valence-electron chi connectivity index (χ2n) is 35.9. The van der Waals surface area contributed by atoms with E-state index >= 15 is 0 Å². The average molecular weight is 1850 g/mol. The summed E-state index contributed by atoms with van der Waals surface area (Å²) in [6.07, 6.45) is 6.71. The Morgan fingerprint density at radius 2 is 0.613 bits per heavy atom. The minimum absolute atomic E-state index is 0.00982. The number of carbonyl (C=O) groups is 6. The fourth-order valence-electron chi connectivity index (χ4n) is 16.3. The predicted molar refractivity (Wildman–Crippen MR) is 508 cm³/mol. The number of ketones is 6. The molecular weight excluding hydrogens is 1710 g/mol. The number of hydrogen-bond acceptors (Lipinski definition) is 15. The first-order valence-corrected chi connectivity index (χ1v) is 48.1. The van der Waals surface area contributed by atoms with Crippen molar-refractivity contribution in [3.63, 3.8) is 0 Å². The summed E-state index contributed by atoms with van der Waals surface area (Å²) in [5, 5.41) is 6.99. The summed E-state index contributed by atoms with van der Waals surface area (Å²) in [7, 11) is 3.47. The van der Waals surface area contributed by atoms with Crippen molar-refractivity contribution in [2.24, 2.45) is 41.4 Å². The summed E-state index contributed by atoms with van der Waals surface area (Å²) < 4.78 is 50.8. The van der Waals surface area contributed by atoms with E-state index in [0.717, 1.165) is 130 Å². The fraction of sp³-hybridized carbons (Fsp3) is 0.580. The first kappa shape index (κ1) is 106. The number of halogens is 9. The number of nitrogens with one attached hydrogen (secondary N) is 1. The van der Waals surface area contributed by atoms with Gasteiger partial charge in [-0.25, -0.2) is 13.2 Å². The van der Waals surface area contributed by atoms with Crippen LogP contribution in [0.25, 0.3) is 0 Å². The standard InChI is InChI=1S/C18H25ClFNO.2C17H23ClFNO.2C16H22ClNO2.C16H22ClNOS/c1-12(2)18(22)15(11-21-10-13-5-3-4-6-13)14-7-8-16(19)17(20)9-14;2*1-12(2)17(21)16(13-3-5-14(18)6-4-13)11-20-9-7-15(19)8-10-20;2*1-11(2)16(19)15(10-18-8-14(9-18)20-3)12-4-6-13(17)7-5-12;1-12(2)16(19)15(11-18-7-9-20-10-8-18)13-3-5-14(17)6-4-13/h7-9,12-13,15,21H,3-6,10-11H2,1-2H3;2*3-6,12,15-16H,7-11H2,1-2H3;2*4-7,11,14-15H,8-10H2,1-3H3;3-6,12,15H,7-11H2,1-2H3/t15-;2*16-;3*15-/m110100/s1. The Labute approximate surface area is 773 Å². The van der Waals surface area contributed by atoms with Crippen LogP contribution in [0.3, 0.4) is 0 Å². The number of ether oxygens (including phenoxy) is 2. The zero-order valence-corrected chi connectivity index (χ0v) is 80.8. The molecule has 0 aromatic heterocycles. The zero-order valence-electron chi connectivity index (χ0n) is 75.5. The van der Waals surface area contributed by atoms with Crippen LogP contribution in [0.15, 0.2) is 140 Å². The summed E-state index contributed by atoms with van der Waals surface area (Å²) >= 11 is 37.4. The Bertz CT molecular complexity index is 4000. The molecule has 24 heteroatoms. The number of rotatable bonds is 34. The van der Waals surface area contributed by atoms with Gasteiger partial charge in [-0.1, -0.05) is 232 Å². The lowest BCUT2D eigenvalue weighted by molar-refractivity contribution is -0.125. The van der Waals surface area contributed by atoms with E-state index < -0.39 is 18.2 Å². The van der Waals surface area contributed by atoms with E-state index in [1.807, 2.05) is 216 Å². The number of Topliss-reactive ketones (excluding diaryl/α,β-unsaturated/α-hetero) is 6. The molecule has 6 atom stereocenters. The summed E-state index contributed by atoms with van der Waals surface area (Å²) in [5.41, 5.74) is 5.90. The smallest absolute Gasteiger partial charge is 0.144 e. The highest BCUT2D eigenvalue weighted by Gasteiger charge is 2.36. The zero-order chi connectivity index (χ0) is 90.9. The summed E-state index contributed by atoms with van der Waals surface area (Å²) in [5.74, 6) is 3.34. The maximum absolute atomic E-state index is 13.7. The van der Waals surface area contributed by atoms with Crippen molar-refractivity contribution in [2.75, 3.05) is 137 Å². The summed E-state index contributed by atoms with van der Waals surface area (Å²) in [6.45, 7) is 37.2. The van der Waals surface area contributed by atoms with Crippen LogP contribution in [-0.2, 0) is 38.2 Å². The maximum Gasteiger partial charge on any atom is 0.144 e. The summed E-state index contributed by atoms with van der Waals surface area (Å²) in [4.78, 5) is 86.4. The van der Waals surface area contributed by atoms with E-state index in [1.54, 1.807) is 20.3 Å². The molecule has 0 spiro atoms. The molecule has 0 radical (unpaired) electrons. The van der Waals surface area contributed by atoms with Crippen LogP contribution >= 0.6 is 81.4 Å². The molecule has 6 fully saturated rings. The second kappa shape index (κ2) is 54.5. The third kappa shape index (κ3) is 35.3. The number of methoxy groups -OCH3 is 2. The molecule has 1 aliphatic carbocycles. The molecule has 0 unspecified atom stereocenters. The average Bonchev–Trinajstić information content (AvgIpc) is 0.887. The molecule has 6 aliphatic rings. The molecule has 14 nitrogen and oxygen atoms in total. The first-order chi connectivity index (χ1) is 59.0. The molecule has 124 heavy (non-hydrogen) atoms. The molecular formula is C100H137Cl6F3N6O8S. The Balaban J connectivity index is 0.000000204. The molecule has 0 amide bonds. The van der Waals surface area contributed by atoms with E-state index in [4.69, 9.17) is 79.1 Å². The van der Waals surface area contributed by atoms with Gasteiger partial charge in [0.1, 0.15) is 52.9 Å². The van der Waals surface area contributed by atoms with E-state index in [2.05, 4.69) is 29.8 Å². The van der Waals surface area contributed by atoms with Crippen LogP contribution in [0.4, 0.5) is 13.2 Å². The van der Waals surface area contributed by atoms with Gasteiger partial charge in [0.05, 0.1) is 52.7 Å². The Kier molecular flexibility index (Phi) is 46.6. The number of thioether (sulfide) groups is 1. The lowest BCUT2D eigenvalue weighted by Crippen LogP contribution is -2.53. The minimum Gasteiger partial charge on any atom is -0.379 e. The minimum atomic E-state index is -0.684. The molecule has 0 bridgehead atoms. The van der Waals surface area contributed by atoms with Gasteiger partial charge < -0.3 is 29.5 Å². The van der Waals surface area contributed by atoms with Crippen LogP contribution in [0.5, 0.6) is 0 Å². The fourth-order valence-corrected chi connectivity index (χ4v) is 18.1. The van der Waals surface area contributed by atoms with E-state index in [9.17, 15) is 41.9 Å². The number of benzene rings is 6. The van der Waals surface area contributed by atoms with Gasteiger partial charge >= 0.3 is 0 Å². The quantitative estimate of drug-likeness (QED) is 0.0408. The van der Waals surface area contributed by atoms with Crippen LogP contribution in [-0.4, -0.2) is 221 Å². The molecule has 5 saturated heterocycles. The first-order valence-electron chi connectivity index (χ1n) is 44.7. The second-order valence-corrected chi connectivity index (χ2v) is 39.7. The highest BCUT2D eigenvalue weighted by Crippen LogP contribution is 2.34. The van der Waals surface area contributed by atoms with Gasteiger partial charge in [-0.2, -0.15) is 11.8 Å². The van der Waals surface area contributed by atoms with Gasteiger partial charge in [0.25, 0.3) is 0 Å². The number of carbonyl (C=O) groups excluding carboxylic acids is 6. The van der Waals surface area contributed by atoms with Gasteiger partial charge in [0, 0.05) is 191 Å². The Morgan fingerprint density at radius 3 is 0.871 bits per heavy atom. The van der Waals surface area contributed by atoms with Crippen LogP contribution in [0.1, 0.15) is 203 Å². The van der Waals surface area contributed by atoms with Gasteiger partial charge in [-0.3, -0.25) is 38.6 Å². The molecule has 1 N–H and O–H groups in total. The number of nitrogens with zero attached hydrogens (tertiary/aromatic N) is 5. The predicted octanol–water partition coefficient (Wildman–Crippen LogP) is 22.4. The van der Waals surface area contributed by atoms with E-state index in [0.29, 0.717) is 89.0 Å². The molecule has 684 valence electrons. The highest BCUT2D eigenvalue weighted by atomic mass is 35.5. The molecule has 5 aliphatic heterocycles. The monoisotopic (exact) mass is 1850 g/mol. The van der Waals surface area contributed by atoms with E-state index in [1.165, 1.54) is 49.3 Å². The Hall–Kier alpha value is -5.10.